The average Bonchev–Trinajstić information content (AvgIpc) is 2.99. The zero-order valence-electron chi connectivity index (χ0n) is 14.5. The molecule has 0 aliphatic rings. The van der Waals surface area contributed by atoms with E-state index in [0.717, 1.165) is 34.5 Å². The van der Waals surface area contributed by atoms with Gasteiger partial charge >= 0.3 is 0 Å². The molecular formula is C20H19N3O2. The fourth-order valence-electron chi connectivity index (χ4n) is 3.13. The van der Waals surface area contributed by atoms with E-state index in [9.17, 15) is 10.1 Å². The van der Waals surface area contributed by atoms with Crippen LogP contribution in [0.5, 0.6) is 5.75 Å². The molecule has 5 heteroatoms. The lowest BCUT2D eigenvalue weighted by Crippen LogP contribution is -2.17. The molecule has 0 bridgehead atoms. The molecule has 1 N–H and O–H groups in total. The van der Waals surface area contributed by atoms with Crippen LogP contribution in [0.2, 0.25) is 0 Å². The summed E-state index contributed by atoms with van der Waals surface area (Å²) in [6, 6.07) is 15.4. The maximum Gasteiger partial charge on any atom is 0.251 e. The molecule has 0 aliphatic heterocycles. The summed E-state index contributed by atoms with van der Waals surface area (Å²) in [5.74, 6) is 0.589. The number of hydrogen-bond acceptors (Lipinski definition) is 3. The van der Waals surface area contributed by atoms with E-state index in [4.69, 9.17) is 4.74 Å². The van der Waals surface area contributed by atoms with Crippen LogP contribution >= 0.6 is 0 Å². The van der Waals surface area contributed by atoms with Gasteiger partial charge in [-0.1, -0.05) is 12.1 Å². The summed E-state index contributed by atoms with van der Waals surface area (Å²) >= 11 is 0. The Morgan fingerprint density at radius 3 is 2.52 bits per heavy atom. The third kappa shape index (κ3) is 2.72. The van der Waals surface area contributed by atoms with Gasteiger partial charge in [0.05, 0.1) is 23.9 Å². The zero-order valence-corrected chi connectivity index (χ0v) is 14.5. The summed E-state index contributed by atoms with van der Waals surface area (Å²) in [6.07, 6.45) is 0. The van der Waals surface area contributed by atoms with E-state index in [1.165, 1.54) is 0 Å². The van der Waals surface area contributed by atoms with Gasteiger partial charge in [0.2, 0.25) is 0 Å². The number of hydrogen-bond donors (Lipinski definition) is 1. The van der Waals surface area contributed by atoms with E-state index in [2.05, 4.69) is 16.0 Å². The number of benzene rings is 2. The van der Waals surface area contributed by atoms with Crippen LogP contribution in [0, 0.1) is 11.3 Å². The minimum atomic E-state index is -0.132. The quantitative estimate of drug-likeness (QED) is 0.794. The lowest BCUT2D eigenvalue weighted by Gasteiger charge is -2.09. The molecule has 0 fully saturated rings. The molecular weight excluding hydrogens is 314 g/mol. The molecule has 0 saturated carbocycles. The number of methoxy groups -OCH3 is 1. The van der Waals surface area contributed by atoms with Crippen molar-refractivity contribution in [1.29, 1.82) is 5.26 Å². The van der Waals surface area contributed by atoms with Crippen molar-refractivity contribution in [3.63, 3.8) is 0 Å². The second-order valence-electron chi connectivity index (χ2n) is 5.62. The van der Waals surface area contributed by atoms with Crippen molar-refractivity contribution in [2.24, 2.45) is 0 Å². The molecule has 126 valence electrons. The standard InChI is InChI=1S/C20H19N3O2/c1-4-23-18-10-9-15(25-3)11-16(18)17(12-21)19(23)13-5-7-14(8-6-13)20(24)22-2/h5-11H,4H2,1-3H3,(H,22,24). The Hall–Kier alpha value is -3.26. The van der Waals surface area contributed by atoms with Crippen LogP contribution in [0.4, 0.5) is 0 Å². The summed E-state index contributed by atoms with van der Waals surface area (Å²) in [7, 11) is 3.22. The summed E-state index contributed by atoms with van der Waals surface area (Å²) in [5, 5.41) is 13.2. The van der Waals surface area contributed by atoms with Crippen molar-refractivity contribution < 1.29 is 9.53 Å². The highest BCUT2D eigenvalue weighted by molar-refractivity contribution is 5.97. The van der Waals surface area contributed by atoms with Crippen molar-refractivity contribution in [3.05, 3.63) is 53.6 Å². The normalized spacial score (nSPS) is 10.5. The maximum atomic E-state index is 11.7. The van der Waals surface area contributed by atoms with Crippen molar-refractivity contribution in [1.82, 2.24) is 9.88 Å². The predicted molar refractivity (Wildman–Crippen MR) is 97.7 cm³/mol. The summed E-state index contributed by atoms with van der Waals surface area (Å²) in [5.41, 5.74) is 3.96. The SMILES string of the molecule is CCn1c(-c2ccc(C(=O)NC)cc2)c(C#N)c2cc(OC)ccc21. The smallest absolute Gasteiger partial charge is 0.251 e. The van der Waals surface area contributed by atoms with E-state index in [-0.39, 0.29) is 5.91 Å². The second-order valence-corrected chi connectivity index (χ2v) is 5.62. The highest BCUT2D eigenvalue weighted by Gasteiger charge is 2.18. The molecule has 1 heterocycles. The lowest BCUT2D eigenvalue weighted by atomic mass is 10.0. The number of ether oxygens (including phenoxy) is 1. The van der Waals surface area contributed by atoms with E-state index in [0.29, 0.717) is 11.1 Å². The fourth-order valence-corrected chi connectivity index (χ4v) is 3.13. The van der Waals surface area contributed by atoms with Gasteiger partial charge in [0.25, 0.3) is 5.91 Å². The largest absolute Gasteiger partial charge is 0.497 e. The summed E-state index contributed by atoms with van der Waals surface area (Å²) < 4.78 is 7.41. The van der Waals surface area contributed by atoms with Gasteiger partial charge in [-0.05, 0) is 42.8 Å². The van der Waals surface area contributed by atoms with E-state index < -0.39 is 0 Å². The Morgan fingerprint density at radius 2 is 1.96 bits per heavy atom. The predicted octanol–water partition coefficient (Wildman–Crippen LogP) is 3.57. The number of rotatable bonds is 4. The molecule has 0 aliphatic carbocycles. The average molecular weight is 333 g/mol. The second kappa shape index (κ2) is 6.70. The zero-order chi connectivity index (χ0) is 18.0. The van der Waals surface area contributed by atoms with Crippen LogP contribution in [0.25, 0.3) is 22.2 Å². The highest BCUT2D eigenvalue weighted by Crippen LogP contribution is 2.35. The van der Waals surface area contributed by atoms with Crippen LogP contribution in [0.15, 0.2) is 42.5 Å². The van der Waals surface area contributed by atoms with Gasteiger partial charge in [-0.2, -0.15) is 5.26 Å². The van der Waals surface area contributed by atoms with Crippen molar-refractivity contribution in [2.75, 3.05) is 14.2 Å². The van der Waals surface area contributed by atoms with Gasteiger partial charge in [-0.3, -0.25) is 4.79 Å². The van der Waals surface area contributed by atoms with Gasteiger partial charge in [-0.25, -0.2) is 0 Å². The maximum absolute atomic E-state index is 11.7. The van der Waals surface area contributed by atoms with Crippen LogP contribution in [0.3, 0.4) is 0 Å². The van der Waals surface area contributed by atoms with E-state index in [1.807, 2.05) is 37.3 Å². The summed E-state index contributed by atoms with van der Waals surface area (Å²) in [4.78, 5) is 11.7. The first-order valence-electron chi connectivity index (χ1n) is 8.07. The molecule has 25 heavy (non-hydrogen) atoms. The molecule has 1 amide bonds. The number of nitrogens with zero attached hydrogens (tertiary/aromatic N) is 2. The Kier molecular flexibility index (Phi) is 4.44. The number of aromatic nitrogens is 1. The molecule has 1 aromatic heterocycles. The first-order valence-corrected chi connectivity index (χ1v) is 8.07. The minimum Gasteiger partial charge on any atom is -0.497 e. The molecule has 0 unspecified atom stereocenters. The molecule has 5 nitrogen and oxygen atoms in total. The van der Waals surface area contributed by atoms with Crippen LogP contribution in [-0.2, 0) is 6.54 Å². The van der Waals surface area contributed by atoms with Crippen LogP contribution in [0.1, 0.15) is 22.8 Å². The molecule has 3 rings (SSSR count). The van der Waals surface area contributed by atoms with Gasteiger partial charge in [-0.15, -0.1) is 0 Å². The van der Waals surface area contributed by atoms with Gasteiger partial charge < -0.3 is 14.6 Å². The summed E-state index contributed by atoms with van der Waals surface area (Å²) in [6.45, 7) is 2.78. The molecule has 2 aromatic carbocycles. The molecule has 0 radical (unpaired) electrons. The number of nitriles is 1. The van der Waals surface area contributed by atoms with E-state index >= 15 is 0 Å². The van der Waals surface area contributed by atoms with Crippen molar-refractivity contribution in [3.8, 4) is 23.1 Å². The molecule has 0 saturated heterocycles. The first-order chi connectivity index (χ1) is 12.1. The topological polar surface area (TPSA) is 67.0 Å². The number of carbonyl (C=O) groups is 1. The Morgan fingerprint density at radius 1 is 1.24 bits per heavy atom. The number of amides is 1. The molecule has 0 spiro atoms. The Bertz CT molecular complexity index is 979. The third-order valence-corrected chi connectivity index (χ3v) is 4.35. The lowest BCUT2D eigenvalue weighted by molar-refractivity contribution is 0.0963. The number of aryl methyl sites for hydroxylation is 1. The molecule has 3 aromatic rings. The van der Waals surface area contributed by atoms with Crippen molar-refractivity contribution >= 4 is 16.8 Å². The van der Waals surface area contributed by atoms with Crippen LogP contribution in [-0.4, -0.2) is 24.6 Å². The van der Waals surface area contributed by atoms with Gasteiger partial charge in [0.15, 0.2) is 0 Å². The van der Waals surface area contributed by atoms with E-state index in [1.54, 1.807) is 26.3 Å². The number of nitrogens with one attached hydrogen (secondary N) is 1. The minimum absolute atomic E-state index is 0.132. The molecule has 0 atom stereocenters. The number of fused-ring (bicyclic) bond motifs is 1. The van der Waals surface area contributed by atoms with Gasteiger partial charge in [0.1, 0.15) is 11.8 Å². The van der Waals surface area contributed by atoms with Crippen molar-refractivity contribution in [2.45, 2.75) is 13.5 Å². The monoisotopic (exact) mass is 333 g/mol. The first kappa shape index (κ1) is 16.6. The van der Waals surface area contributed by atoms with Gasteiger partial charge in [0, 0.05) is 24.5 Å². The third-order valence-electron chi connectivity index (χ3n) is 4.35. The van der Waals surface area contributed by atoms with Crippen LogP contribution < -0.4 is 10.1 Å². The Balaban J connectivity index is 2.24. The number of carbonyl (C=O) groups excluding carboxylic acids is 1. The Labute approximate surface area is 146 Å². The highest BCUT2D eigenvalue weighted by atomic mass is 16.5. The fraction of sp³-hybridized carbons (Fsp3) is 0.200.